The monoisotopic (exact) mass is 358 g/mol. The lowest BCUT2D eigenvalue weighted by Gasteiger charge is -2.14. The summed E-state index contributed by atoms with van der Waals surface area (Å²) in [4.78, 5) is 26.3. The van der Waals surface area contributed by atoms with Gasteiger partial charge in [0.05, 0.1) is 21.6 Å². The van der Waals surface area contributed by atoms with Crippen molar-refractivity contribution in [1.29, 1.82) is 0 Å². The zero-order valence-electron chi connectivity index (χ0n) is 14.0. The van der Waals surface area contributed by atoms with Crippen LogP contribution in [-0.2, 0) is 4.79 Å². The van der Waals surface area contributed by atoms with E-state index in [0.717, 1.165) is 27.5 Å². The number of nitrogens with one attached hydrogen (secondary N) is 2. The number of amides is 1. The number of benzene rings is 3. The molecule has 0 aliphatic rings. The van der Waals surface area contributed by atoms with Crippen molar-refractivity contribution < 1.29 is 9.72 Å². The van der Waals surface area contributed by atoms with Gasteiger partial charge in [-0.05, 0) is 24.3 Å². The van der Waals surface area contributed by atoms with Crippen LogP contribution in [-0.4, -0.2) is 16.3 Å². The molecule has 0 aliphatic heterocycles. The molecule has 0 saturated carbocycles. The zero-order chi connectivity index (χ0) is 18.8. The Morgan fingerprint density at radius 3 is 2.15 bits per heavy atom. The fraction of sp³-hybridized carbons (Fsp3) is 0. The van der Waals surface area contributed by atoms with E-state index in [4.69, 9.17) is 0 Å². The van der Waals surface area contributed by atoms with Crippen LogP contribution in [0.3, 0.4) is 0 Å². The van der Waals surface area contributed by atoms with Crippen molar-refractivity contribution in [2.75, 3.05) is 10.6 Å². The number of hydrogen-bond donors (Lipinski definition) is 2. The number of carbonyl (C=O) groups excluding carboxylic acids is 1. The van der Waals surface area contributed by atoms with E-state index in [1.807, 2.05) is 48.5 Å². The van der Waals surface area contributed by atoms with Gasteiger partial charge in [-0.3, -0.25) is 14.9 Å². The van der Waals surface area contributed by atoms with E-state index in [1.165, 1.54) is 6.07 Å². The SMILES string of the molecule is O=CNc1ccc(Nc2c3ccccc3nc3ccccc23)c([N+](=O)[O-])c1. The highest BCUT2D eigenvalue weighted by molar-refractivity contribution is 6.09. The van der Waals surface area contributed by atoms with E-state index in [2.05, 4.69) is 15.6 Å². The molecule has 0 radical (unpaired) electrons. The maximum atomic E-state index is 11.5. The summed E-state index contributed by atoms with van der Waals surface area (Å²) in [6.07, 6.45) is 0.482. The second kappa shape index (κ2) is 6.72. The third-order valence-corrected chi connectivity index (χ3v) is 4.27. The van der Waals surface area contributed by atoms with Gasteiger partial charge in [0.15, 0.2) is 0 Å². The first-order valence-corrected chi connectivity index (χ1v) is 8.20. The highest BCUT2D eigenvalue weighted by Gasteiger charge is 2.17. The van der Waals surface area contributed by atoms with Crippen LogP contribution in [0.1, 0.15) is 0 Å². The first kappa shape index (κ1) is 16.5. The Bertz CT molecular complexity index is 1140. The number of anilines is 3. The maximum Gasteiger partial charge on any atom is 0.294 e. The van der Waals surface area contributed by atoms with Crippen LogP contribution in [0, 0.1) is 10.1 Å². The number of hydrogen-bond acceptors (Lipinski definition) is 5. The number of nitrogens with zero attached hydrogens (tertiary/aromatic N) is 2. The van der Waals surface area contributed by atoms with E-state index < -0.39 is 4.92 Å². The van der Waals surface area contributed by atoms with Gasteiger partial charge in [-0.25, -0.2) is 4.98 Å². The van der Waals surface area contributed by atoms with Crippen LogP contribution in [0.5, 0.6) is 0 Å². The van der Waals surface area contributed by atoms with Crippen LogP contribution in [0.2, 0.25) is 0 Å². The standard InChI is InChI=1S/C20H14N4O3/c25-12-21-13-9-10-18(19(11-13)24(26)27)23-20-14-5-1-3-7-16(14)22-17-8-4-2-6-15(17)20/h1-12H,(H,21,25)(H,22,23). The van der Waals surface area contributed by atoms with Crippen molar-refractivity contribution >= 4 is 51.0 Å². The molecule has 1 aromatic heterocycles. The fourth-order valence-corrected chi connectivity index (χ4v) is 3.06. The molecule has 0 bridgehead atoms. The Morgan fingerprint density at radius 2 is 1.56 bits per heavy atom. The molecule has 4 rings (SSSR count). The van der Waals surface area contributed by atoms with Crippen LogP contribution >= 0.6 is 0 Å². The highest BCUT2D eigenvalue weighted by Crippen LogP contribution is 2.36. The summed E-state index contributed by atoms with van der Waals surface area (Å²) in [5.74, 6) is 0. The number of rotatable bonds is 5. The summed E-state index contributed by atoms with van der Waals surface area (Å²) in [6.45, 7) is 0. The van der Waals surface area contributed by atoms with Gasteiger partial charge in [0.2, 0.25) is 6.41 Å². The average molecular weight is 358 g/mol. The normalized spacial score (nSPS) is 10.7. The van der Waals surface area contributed by atoms with Gasteiger partial charge in [0, 0.05) is 22.5 Å². The number of nitro groups is 1. The number of aromatic nitrogens is 1. The lowest BCUT2D eigenvalue weighted by molar-refractivity contribution is -0.383. The zero-order valence-corrected chi connectivity index (χ0v) is 14.0. The molecule has 0 saturated heterocycles. The Kier molecular flexibility index (Phi) is 4.10. The summed E-state index contributed by atoms with van der Waals surface area (Å²) in [5.41, 5.74) is 2.88. The molecule has 0 aliphatic carbocycles. The minimum atomic E-state index is -0.482. The minimum Gasteiger partial charge on any atom is -0.349 e. The molecule has 0 spiro atoms. The summed E-state index contributed by atoms with van der Waals surface area (Å²) in [7, 11) is 0. The van der Waals surface area contributed by atoms with E-state index >= 15 is 0 Å². The van der Waals surface area contributed by atoms with Crippen molar-refractivity contribution in [3.8, 4) is 0 Å². The summed E-state index contributed by atoms with van der Waals surface area (Å²) < 4.78 is 0. The van der Waals surface area contributed by atoms with Gasteiger partial charge in [-0.2, -0.15) is 0 Å². The van der Waals surface area contributed by atoms with Gasteiger partial charge in [0.25, 0.3) is 5.69 Å². The van der Waals surface area contributed by atoms with Crippen molar-refractivity contribution in [2.24, 2.45) is 0 Å². The van der Waals surface area contributed by atoms with Gasteiger partial charge in [0.1, 0.15) is 5.69 Å². The molecular weight excluding hydrogens is 344 g/mol. The smallest absolute Gasteiger partial charge is 0.294 e. The van der Waals surface area contributed by atoms with E-state index in [0.29, 0.717) is 17.8 Å². The molecule has 2 N–H and O–H groups in total. The number of nitro benzene ring substituents is 1. The quantitative estimate of drug-likeness (QED) is 0.235. The van der Waals surface area contributed by atoms with Gasteiger partial charge >= 0.3 is 0 Å². The summed E-state index contributed by atoms with van der Waals surface area (Å²) >= 11 is 0. The molecule has 0 atom stereocenters. The molecule has 132 valence electrons. The van der Waals surface area contributed by atoms with Crippen molar-refractivity contribution in [2.45, 2.75) is 0 Å². The minimum absolute atomic E-state index is 0.133. The molecule has 1 heterocycles. The predicted octanol–water partition coefficient (Wildman–Crippen LogP) is 4.61. The number of pyridine rings is 1. The third-order valence-electron chi connectivity index (χ3n) is 4.27. The Hall–Kier alpha value is -4.00. The highest BCUT2D eigenvalue weighted by atomic mass is 16.6. The molecule has 7 heteroatoms. The Labute approximate surface area is 153 Å². The first-order valence-electron chi connectivity index (χ1n) is 8.20. The third kappa shape index (κ3) is 3.02. The van der Waals surface area contributed by atoms with Crippen LogP contribution in [0.25, 0.3) is 21.8 Å². The summed E-state index contributed by atoms with van der Waals surface area (Å²) in [6, 6.07) is 19.7. The summed E-state index contributed by atoms with van der Waals surface area (Å²) in [5, 5.41) is 18.9. The Morgan fingerprint density at radius 1 is 0.926 bits per heavy atom. The number of carbonyl (C=O) groups is 1. The van der Waals surface area contributed by atoms with E-state index in [1.54, 1.807) is 12.1 Å². The molecule has 4 aromatic rings. The maximum absolute atomic E-state index is 11.5. The molecule has 0 unspecified atom stereocenters. The number of para-hydroxylation sites is 2. The van der Waals surface area contributed by atoms with Crippen LogP contribution < -0.4 is 10.6 Å². The number of fused-ring (bicyclic) bond motifs is 2. The molecule has 27 heavy (non-hydrogen) atoms. The molecule has 3 aromatic carbocycles. The van der Waals surface area contributed by atoms with E-state index in [-0.39, 0.29) is 5.69 Å². The Balaban J connectivity index is 1.93. The first-order chi connectivity index (χ1) is 13.2. The lowest BCUT2D eigenvalue weighted by Crippen LogP contribution is -2.01. The molecule has 0 fully saturated rings. The van der Waals surface area contributed by atoms with Crippen LogP contribution in [0.15, 0.2) is 66.7 Å². The van der Waals surface area contributed by atoms with Gasteiger partial charge < -0.3 is 10.6 Å². The van der Waals surface area contributed by atoms with Crippen LogP contribution in [0.4, 0.5) is 22.7 Å². The van der Waals surface area contributed by atoms with Gasteiger partial charge in [-0.15, -0.1) is 0 Å². The van der Waals surface area contributed by atoms with Crippen molar-refractivity contribution in [3.63, 3.8) is 0 Å². The van der Waals surface area contributed by atoms with E-state index in [9.17, 15) is 14.9 Å². The van der Waals surface area contributed by atoms with Gasteiger partial charge in [-0.1, -0.05) is 36.4 Å². The molecular formula is C20H14N4O3. The lowest BCUT2D eigenvalue weighted by atomic mass is 10.1. The topological polar surface area (TPSA) is 97.2 Å². The largest absolute Gasteiger partial charge is 0.349 e. The second-order valence-corrected chi connectivity index (χ2v) is 5.90. The fourth-order valence-electron chi connectivity index (χ4n) is 3.06. The second-order valence-electron chi connectivity index (χ2n) is 5.90. The van der Waals surface area contributed by atoms with Crippen molar-refractivity contribution in [3.05, 3.63) is 76.8 Å². The molecule has 7 nitrogen and oxygen atoms in total. The molecule has 1 amide bonds. The van der Waals surface area contributed by atoms with Crippen molar-refractivity contribution in [1.82, 2.24) is 4.98 Å². The predicted molar refractivity (Wildman–Crippen MR) is 105 cm³/mol. The average Bonchev–Trinajstić information content (AvgIpc) is 2.69.